The summed E-state index contributed by atoms with van der Waals surface area (Å²) >= 11 is 0. The molecule has 0 unspecified atom stereocenters. The van der Waals surface area contributed by atoms with Gasteiger partial charge in [0.2, 0.25) is 0 Å². The Hall–Kier alpha value is -1.86. The molecule has 2 heterocycles. The van der Waals surface area contributed by atoms with E-state index in [4.69, 9.17) is 4.42 Å². The minimum absolute atomic E-state index is 0.0170. The van der Waals surface area contributed by atoms with Crippen LogP contribution >= 0.6 is 0 Å². The standard InChI is InChI=1S/C16H16F4N2O/c17-13-4-3-11(16(18,19)20)10-12(13)15(14-2-1-9-23-14)22-7-5-21-6-8-22/h1-4,9-10,15,21H,5-8H2/t15-/m0/s1. The summed E-state index contributed by atoms with van der Waals surface area (Å²) in [4.78, 5) is 1.92. The lowest BCUT2D eigenvalue weighted by molar-refractivity contribution is -0.137. The number of alkyl halides is 3. The van der Waals surface area contributed by atoms with Crippen molar-refractivity contribution >= 4 is 0 Å². The Bertz CT molecular complexity index is 649. The molecule has 1 aliphatic rings. The van der Waals surface area contributed by atoms with E-state index in [1.807, 2.05) is 4.90 Å². The van der Waals surface area contributed by atoms with E-state index in [-0.39, 0.29) is 5.56 Å². The van der Waals surface area contributed by atoms with Gasteiger partial charge in [0.1, 0.15) is 11.6 Å². The number of hydrogen-bond acceptors (Lipinski definition) is 3. The van der Waals surface area contributed by atoms with Gasteiger partial charge in [0.05, 0.1) is 17.9 Å². The van der Waals surface area contributed by atoms with Crippen LogP contribution in [0.1, 0.15) is 22.9 Å². The average molecular weight is 328 g/mol. The second-order valence-corrected chi connectivity index (χ2v) is 5.44. The summed E-state index contributed by atoms with van der Waals surface area (Å²) in [5, 5.41) is 3.17. The van der Waals surface area contributed by atoms with Crippen LogP contribution in [-0.2, 0) is 6.18 Å². The normalized spacial score (nSPS) is 18.1. The van der Waals surface area contributed by atoms with E-state index < -0.39 is 23.6 Å². The van der Waals surface area contributed by atoms with Crippen molar-refractivity contribution in [3.63, 3.8) is 0 Å². The lowest BCUT2D eigenvalue weighted by Gasteiger charge is -2.34. The maximum atomic E-state index is 14.3. The highest BCUT2D eigenvalue weighted by molar-refractivity contribution is 5.33. The third kappa shape index (κ3) is 3.40. The van der Waals surface area contributed by atoms with E-state index in [0.717, 1.165) is 18.2 Å². The lowest BCUT2D eigenvalue weighted by atomic mass is 9.98. The minimum atomic E-state index is -4.51. The minimum Gasteiger partial charge on any atom is -0.467 e. The van der Waals surface area contributed by atoms with Crippen molar-refractivity contribution in [2.75, 3.05) is 26.2 Å². The number of nitrogens with one attached hydrogen (secondary N) is 1. The number of benzene rings is 1. The molecule has 0 radical (unpaired) electrons. The number of hydrogen-bond donors (Lipinski definition) is 1. The van der Waals surface area contributed by atoms with E-state index in [1.165, 1.54) is 6.26 Å². The van der Waals surface area contributed by atoms with E-state index in [9.17, 15) is 17.6 Å². The highest BCUT2D eigenvalue weighted by Crippen LogP contribution is 2.36. The molecule has 1 N–H and O–H groups in total. The molecule has 1 fully saturated rings. The van der Waals surface area contributed by atoms with Crippen LogP contribution in [0.15, 0.2) is 41.0 Å². The molecule has 1 aromatic carbocycles. The maximum absolute atomic E-state index is 14.3. The summed E-state index contributed by atoms with van der Waals surface area (Å²) in [5.74, 6) is -0.233. The monoisotopic (exact) mass is 328 g/mol. The molecule has 2 aromatic rings. The highest BCUT2D eigenvalue weighted by Gasteiger charge is 2.34. The number of nitrogens with zero attached hydrogens (tertiary/aromatic N) is 1. The summed E-state index contributed by atoms with van der Waals surface area (Å²) in [6.07, 6.45) is -3.07. The van der Waals surface area contributed by atoms with E-state index in [1.54, 1.807) is 12.1 Å². The van der Waals surface area contributed by atoms with Gasteiger partial charge < -0.3 is 9.73 Å². The zero-order valence-corrected chi connectivity index (χ0v) is 12.2. The lowest BCUT2D eigenvalue weighted by Crippen LogP contribution is -2.45. The van der Waals surface area contributed by atoms with Gasteiger partial charge in [-0.2, -0.15) is 13.2 Å². The van der Waals surface area contributed by atoms with Crippen molar-refractivity contribution in [1.29, 1.82) is 0 Å². The molecular weight excluding hydrogens is 312 g/mol. The number of rotatable bonds is 3. The number of halogens is 4. The third-order valence-corrected chi connectivity index (χ3v) is 3.95. The predicted molar refractivity (Wildman–Crippen MR) is 76.4 cm³/mol. The van der Waals surface area contributed by atoms with Crippen molar-refractivity contribution in [3.8, 4) is 0 Å². The molecule has 7 heteroatoms. The third-order valence-electron chi connectivity index (χ3n) is 3.95. The summed E-state index contributed by atoms with van der Waals surface area (Å²) in [6, 6.07) is 5.15. The van der Waals surface area contributed by atoms with Gasteiger partial charge in [0.15, 0.2) is 0 Å². The van der Waals surface area contributed by atoms with Crippen LogP contribution in [0.25, 0.3) is 0 Å². The van der Waals surface area contributed by atoms with Crippen LogP contribution in [0, 0.1) is 5.82 Å². The summed E-state index contributed by atoms with van der Waals surface area (Å²) in [5.41, 5.74) is -0.878. The highest BCUT2D eigenvalue weighted by atomic mass is 19.4. The Labute approximate surface area is 130 Å². The molecule has 1 atom stereocenters. The summed E-state index contributed by atoms with van der Waals surface area (Å²) in [6.45, 7) is 2.58. The molecule has 3 rings (SSSR count). The van der Waals surface area contributed by atoms with Gasteiger partial charge in [-0.15, -0.1) is 0 Å². The van der Waals surface area contributed by atoms with Gasteiger partial charge in [-0.3, -0.25) is 4.90 Å². The molecule has 1 saturated heterocycles. The van der Waals surface area contributed by atoms with Gasteiger partial charge >= 0.3 is 6.18 Å². The van der Waals surface area contributed by atoms with Crippen molar-refractivity contribution in [3.05, 3.63) is 59.3 Å². The molecule has 0 saturated carbocycles. The van der Waals surface area contributed by atoms with Crippen LogP contribution < -0.4 is 5.32 Å². The van der Waals surface area contributed by atoms with Crippen molar-refractivity contribution in [1.82, 2.24) is 10.2 Å². The quantitative estimate of drug-likeness (QED) is 0.875. The fraction of sp³-hybridized carbons (Fsp3) is 0.375. The fourth-order valence-electron chi connectivity index (χ4n) is 2.85. The molecule has 1 aliphatic heterocycles. The molecule has 124 valence electrons. The largest absolute Gasteiger partial charge is 0.467 e. The van der Waals surface area contributed by atoms with Crippen molar-refractivity contribution in [2.45, 2.75) is 12.2 Å². The molecule has 0 amide bonds. The van der Waals surface area contributed by atoms with Gasteiger partial charge in [-0.25, -0.2) is 4.39 Å². The number of piperazine rings is 1. The molecule has 1 aromatic heterocycles. The van der Waals surface area contributed by atoms with Crippen molar-refractivity contribution < 1.29 is 22.0 Å². The van der Waals surface area contributed by atoms with Gasteiger partial charge in [-0.1, -0.05) is 0 Å². The average Bonchev–Trinajstić information content (AvgIpc) is 3.03. The Kier molecular flexibility index (Phi) is 4.41. The zero-order chi connectivity index (χ0) is 16.4. The van der Waals surface area contributed by atoms with E-state index in [2.05, 4.69) is 5.32 Å². The van der Waals surface area contributed by atoms with E-state index in [0.29, 0.717) is 31.9 Å². The second-order valence-electron chi connectivity index (χ2n) is 5.44. The Morgan fingerprint density at radius 3 is 2.48 bits per heavy atom. The summed E-state index contributed by atoms with van der Waals surface area (Å²) < 4.78 is 58.6. The maximum Gasteiger partial charge on any atom is 0.416 e. The SMILES string of the molecule is Fc1ccc(C(F)(F)F)cc1[C@@H](c1ccco1)N1CCNCC1. The van der Waals surface area contributed by atoms with Crippen LogP contribution in [0.2, 0.25) is 0 Å². The number of furan rings is 1. The van der Waals surface area contributed by atoms with Gasteiger partial charge in [-0.05, 0) is 30.3 Å². The Balaban J connectivity index is 2.06. The molecule has 23 heavy (non-hydrogen) atoms. The van der Waals surface area contributed by atoms with Gasteiger partial charge in [0.25, 0.3) is 0 Å². The van der Waals surface area contributed by atoms with Crippen molar-refractivity contribution in [2.24, 2.45) is 0 Å². The summed E-state index contributed by atoms with van der Waals surface area (Å²) in [7, 11) is 0. The fourth-order valence-corrected chi connectivity index (χ4v) is 2.85. The van der Waals surface area contributed by atoms with Crippen LogP contribution in [0.4, 0.5) is 17.6 Å². The van der Waals surface area contributed by atoms with Crippen LogP contribution in [-0.4, -0.2) is 31.1 Å². The molecule has 0 bridgehead atoms. The second kappa shape index (κ2) is 6.33. The first-order valence-electron chi connectivity index (χ1n) is 7.31. The smallest absolute Gasteiger partial charge is 0.416 e. The topological polar surface area (TPSA) is 28.4 Å². The first kappa shape index (κ1) is 16.0. The predicted octanol–water partition coefficient (Wildman–Crippen LogP) is 3.43. The molecule has 3 nitrogen and oxygen atoms in total. The van der Waals surface area contributed by atoms with Gasteiger partial charge in [0, 0.05) is 31.7 Å². The first-order valence-corrected chi connectivity index (χ1v) is 7.31. The Morgan fingerprint density at radius 2 is 1.87 bits per heavy atom. The van der Waals surface area contributed by atoms with Crippen LogP contribution in [0.3, 0.4) is 0 Å². The Morgan fingerprint density at radius 1 is 1.13 bits per heavy atom. The zero-order valence-electron chi connectivity index (χ0n) is 12.2. The molecule has 0 aliphatic carbocycles. The van der Waals surface area contributed by atoms with E-state index >= 15 is 0 Å². The first-order chi connectivity index (χ1) is 11.0. The molecular formula is C16H16F4N2O. The molecule has 0 spiro atoms. The van der Waals surface area contributed by atoms with Crippen LogP contribution in [0.5, 0.6) is 0 Å².